The van der Waals surface area contributed by atoms with Gasteiger partial charge in [-0.2, -0.15) is 0 Å². The normalized spacial score (nSPS) is 19.0. The van der Waals surface area contributed by atoms with E-state index in [1.54, 1.807) is 0 Å². The molecule has 4 rings (SSSR count). The number of likely N-dealkylation sites (tertiary alicyclic amines) is 1. The molecule has 1 saturated carbocycles. The van der Waals surface area contributed by atoms with Gasteiger partial charge in [0.05, 0.1) is 5.69 Å². The van der Waals surface area contributed by atoms with Gasteiger partial charge in [0, 0.05) is 38.1 Å². The highest BCUT2D eigenvalue weighted by molar-refractivity contribution is 5.85. The van der Waals surface area contributed by atoms with E-state index in [0.717, 1.165) is 24.2 Å². The van der Waals surface area contributed by atoms with Crippen molar-refractivity contribution >= 4 is 30.5 Å². The minimum Gasteiger partial charge on any atom is -0.314 e. The summed E-state index contributed by atoms with van der Waals surface area (Å²) in [5.41, 5.74) is 3.52. The van der Waals surface area contributed by atoms with Crippen LogP contribution < -0.4 is 5.32 Å². The van der Waals surface area contributed by atoms with Crippen molar-refractivity contribution in [3.8, 4) is 0 Å². The van der Waals surface area contributed by atoms with Gasteiger partial charge in [-0.3, -0.25) is 4.90 Å². The van der Waals surface area contributed by atoms with Crippen molar-refractivity contribution in [3.05, 3.63) is 35.8 Å². The molecular formula is C18H28Cl2N4. The lowest BCUT2D eigenvalue weighted by atomic mass is 10.0. The van der Waals surface area contributed by atoms with Crippen LogP contribution in [0.4, 0.5) is 0 Å². The van der Waals surface area contributed by atoms with Crippen LogP contribution in [0.25, 0.3) is 5.65 Å². The molecular weight excluding hydrogens is 343 g/mol. The second-order valence-electron chi connectivity index (χ2n) is 7.11. The molecule has 134 valence electrons. The monoisotopic (exact) mass is 370 g/mol. The predicted octanol–water partition coefficient (Wildman–Crippen LogP) is 3.45. The van der Waals surface area contributed by atoms with E-state index < -0.39 is 0 Å². The van der Waals surface area contributed by atoms with Crippen LogP contribution in [0, 0.1) is 12.8 Å². The van der Waals surface area contributed by atoms with Gasteiger partial charge in [0.2, 0.25) is 0 Å². The smallest absolute Gasteiger partial charge is 0.137 e. The summed E-state index contributed by atoms with van der Waals surface area (Å²) in [6, 6.07) is 4.97. The first kappa shape index (κ1) is 19.5. The van der Waals surface area contributed by atoms with Gasteiger partial charge in [-0.1, -0.05) is 6.07 Å². The summed E-state index contributed by atoms with van der Waals surface area (Å²) in [7, 11) is 0. The molecule has 0 spiro atoms. The van der Waals surface area contributed by atoms with E-state index in [4.69, 9.17) is 4.98 Å². The van der Waals surface area contributed by atoms with E-state index in [1.807, 2.05) is 0 Å². The lowest BCUT2D eigenvalue weighted by molar-refractivity contribution is 0.188. The maximum Gasteiger partial charge on any atom is 0.137 e. The maximum atomic E-state index is 4.74. The predicted molar refractivity (Wildman–Crippen MR) is 103 cm³/mol. The minimum absolute atomic E-state index is 0. The molecule has 0 unspecified atom stereocenters. The highest BCUT2D eigenvalue weighted by Crippen LogP contribution is 2.28. The Balaban J connectivity index is 0.00000104. The van der Waals surface area contributed by atoms with Gasteiger partial charge in [0.15, 0.2) is 0 Å². The highest BCUT2D eigenvalue weighted by Gasteiger charge is 2.24. The van der Waals surface area contributed by atoms with E-state index in [-0.39, 0.29) is 24.8 Å². The Morgan fingerprint density at radius 1 is 1.08 bits per heavy atom. The molecule has 3 heterocycles. The third kappa shape index (κ3) is 4.85. The third-order valence-electron chi connectivity index (χ3n) is 5.01. The van der Waals surface area contributed by atoms with Crippen LogP contribution in [0.2, 0.25) is 0 Å². The van der Waals surface area contributed by atoms with E-state index in [1.165, 1.54) is 56.6 Å². The van der Waals surface area contributed by atoms with Crippen LogP contribution in [-0.4, -0.2) is 40.0 Å². The lowest BCUT2D eigenvalue weighted by Crippen LogP contribution is -2.42. The number of imidazole rings is 1. The van der Waals surface area contributed by atoms with Gasteiger partial charge in [0.1, 0.15) is 5.65 Å². The standard InChI is InChI=1S/C18H26N4.2ClH/c1-14-2-5-18-20-17(13-22(18)11-14)12-21-8-6-16(7-9-21)19-10-15-3-4-15;;/h2,5,11,13,15-16,19H,3-4,6-10,12H2,1H3;2*1H. The first-order valence-electron chi connectivity index (χ1n) is 8.66. The van der Waals surface area contributed by atoms with Crippen molar-refractivity contribution in [2.45, 2.75) is 45.2 Å². The summed E-state index contributed by atoms with van der Waals surface area (Å²) in [6.45, 7) is 6.73. The second-order valence-corrected chi connectivity index (χ2v) is 7.11. The number of hydrogen-bond acceptors (Lipinski definition) is 3. The topological polar surface area (TPSA) is 32.6 Å². The van der Waals surface area contributed by atoms with Crippen LogP contribution in [0.15, 0.2) is 24.5 Å². The van der Waals surface area contributed by atoms with Crippen molar-refractivity contribution in [2.75, 3.05) is 19.6 Å². The Morgan fingerprint density at radius 3 is 2.54 bits per heavy atom. The molecule has 0 radical (unpaired) electrons. The number of nitrogens with one attached hydrogen (secondary N) is 1. The van der Waals surface area contributed by atoms with Gasteiger partial charge in [0.25, 0.3) is 0 Å². The molecule has 1 aliphatic heterocycles. The molecule has 2 aliphatic rings. The fourth-order valence-electron chi connectivity index (χ4n) is 3.41. The molecule has 1 aliphatic carbocycles. The molecule has 1 saturated heterocycles. The molecule has 2 fully saturated rings. The second kappa shape index (κ2) is 8.52. The van der Waals surface area contributed by atoms with Crippen molar-refractivity contribution in [1.29, 1.82) is 0 Å². The molecule has 1 N–H and O–H groups in total. The number of rotatable bonds is 5. The van der Waals surface area contributed by atoms with Gasteiger partial charge in [-0.25, -0.2) is 4.98 Å². The van der Waals surface area contributed by atoms with Crippen LogP contribution in [0.1, 0.15) is 36.9 Å². The first-order chi connectivity index (χ1) is 10.8. The van der Waals surface area contributed by atoms with Crippen molar-refractivity contribution in [2.24, 2.45) is 5.92 Å². The summed E-state index contributed by atoms with van der Waals surface area (Å²) in [5, 5.41) is 3.75. The number of halogens is 2. The highest BCUT2D eigenvalue weighted by atomic mass is 35.5. The zero-order valence-corrected chi connectivity index (χ0v) is 15.9. The first-order valence-corrected chi connectivity index (χ1v) is 8.66. The van der Waals surface area contributed by atoms with E-state index in [2.05, 4.69) is 46.1 Å². The third-order valence-corrected chi connectivity index (χ3v) is 5.01. The van der Waals surface area contributed by atoms with Gasteiger partial charge >= 0.3 is 0 Å². The molecule has 0 atom stereocenters. The number of aryl methyl sites for hydroxylation is 1. The van der Waals surface area contributed by atoms with Crippen molar-refractivity contribution in [1.82, 2.24) is 19.6 Å². The van der Waals surface area contributed by atoms with Crippen molar-refractivity contribution in [3.63, 3.8) is 0 Å². The molecule has 2 aromatic rings. The van der Waals surface area contributed by atoms with E-state index in [0.29, 0.717) is 0 Å². The summed E-state index contributed by atoms with van der Waals surface area (Å²) >= 11 is 0. The van der Waals surface area contributed by atoms with Crippen LogP contribution in [0.3, 0.4) is 0 Å². The Morgan fingerprint density at radius 2 is 1.83 bits per heavy atom. The number of hydrogen-bond donors (Lipinski definition) is 1. The molecule has 6 heteroatoms. The maximum absolute atomic E-state index is 4.74. The molecule has 4 nitrogen and oxygen atoms in total. The minimum atomic E-state index is 0. The zero-order chi connectivity index (χ0) is 14.9. The quantitative estimate of drug-likeness (QED) is 0.874. The number of piperidine rings is 1. The fourth-order valence-corrected chi connectivity index (χ4v) is 3.41. The molecule has 0 aromatic carbocycles. The number of pyridine rings is 1. The van der Waals surface area contributed by atoms with Crippen molar-refractivity contribution < 1.29 is 0 Å². The summed E-state index contributed by atoms with van der Waals surface area (Å²) in [5.74, 6) is 0.986. The van der Waals surface area contributed by atoms with Crippen LogP contribution in [0.5, 0.6) is 0 Å². The Labute approximate surface area is 156 Å². The lowest BCUT2D eigenvalue weighted by Gasteiger charge is -2.32. The molecule has 0 bridgehead atoms. The Hall–Kier alpha value is -0.810. The number of fused-ring (bicyclic) bond motifs is 1. The average Bonchev–Trinajstić information content (AvgIpc) is 3.26. The number of nitrogens with zero attached hydrogens (tertiary/aromatic N) is 3. The Kier molecular flexibility index (Phi) is 6.93. The molecule has 0 amide bonds. The summed E-state index contributed by atoms with van der Waals surface area (Å²) in [6.07, 6.45) is 9.77. The van der Waals surface area contributed by atoms with Crippen LogP contribution >= 0.6 is 24.8 Å². The largest absolute Gasteiger partial charge is 0.314 e. The average molecular weight is 371 g/mol. The summed E-state index contributed by atoms with van der Waals surface area (Å²) < 4.78 is 2.15. The molecule has 2 aromatic heterocycles. The van der Waals surface area contributed by atoms with Gasteiger partial charge in [-0.05, 0) is 56.7 Å². The van der Waals surface area contributed by atoms with Gasteiger partial charge in [-0.15, -0.1) is 24.8 Å². The Bertz CT molecular complexity index is 646. The SMILES string of the molecule is Cc1ccc2nc(CN3CCC(NCC4CC4)CC3)cn2c1.Cl.Cl. The fraction of sp³-hybridized carbons (Fsp3) is 0.611. The summed E-state index contributed by atoms with van der Waals surface area (Å²) in [4.78, 5) is 7.29. The number of aromatic nitrogens is 2. The zero-order valence-electron chi connectivity index (χ0n) is 14.3. The van der Waals surface area contributed by atoms with Gasteiger partial charge < -0.3 is 9.72 Å². The molecule has 24 heavy (non-hydrogen) atoms. The van der Waals surface area contributed by atoms with Crippen LogP contribution in [-0.2, 0) is 6.54 Å². The van der Waals surface area contributed by atoms with E-state index >= 15 is 0 Å². The van der Waals surface area contributed by atoms with E-state index in [9.17, 15) is 0 Å².